The van der Waals surface area contributed by atoms with Crippen LogP contribution in [0.4, 0.5) is 0 Å². The fraction of sp³-hybridized carbons (Fsp3) is 0.625. The van der Waals surface area contributed by atoms with Crippen molar-refractivity contribution in [2.75, 3.05) is 13.2 Å². The molecule has 0 aliphatic carbocycles. The minimum Gasteiger partial charge on any atom is -0.493 e. The normalized spacial score (nSPS) is 16.2. The summed E-state index contributed by atoms with van der Waals surface area (Å²) in [6.07, 6.45) is 2.24. The molecule has 1 aliphatic heterocycles. The van der Waals surface area contributed by atoms with Crippen molar-refractivity contribution in [2.24, 2.45) is 0 Å². The van der Waals surface area contributed by atoms with Gasteiger partial charge >= 0.3 is 0 Å². The van der Waals surface area contributed by atoms with Gasteiger partial charge in [-0.2, -0.15) is 0 Å². The van der Waals surface area contributed by atoms with Crippen molar-refractivity contribution in [3.05, 3.63) is 29.3 Å². The number of benzene rings is 1. The van der Waals surface area contributed by atoms with Crippen molar-refractivity contribution >= 4 is 0 Å². The Bertz CT molecular complexity index is 406. The summed E-state index contributed by atoms with van der Waals surface area (Å²) in [5, 5.41) is 3.55. The van der Waals surface area contributed by atoms with E-state index >= 15 is 0 Å². The van der Waals surface area contributed by atoms with E-state index in [-0.39, 0.29) is 5.54 Å². The lowest BCUT2D eigenvalue weighted by atomic mass is 9.95. The maximum absolute atomic E-state index is 5.55. The van der Waals surface area contributed by atoms with Crippen LogP contribution in [0.2, 0.25) is 0 Å². The third-order valence-electron chi connectivity index (χ3n) is 3.52. The van der Waals surface area contributed by atoms with Gasteiger partial charge in [0, 0.05) is 12.0 Å². The molecular weight excluding hydrogens is 222 g/mol. The Kier molecular flexibility index (Phi) is 3.96. The molecule has 1 aromatic carbocycles. The Hall–Kier alpha value is -1.02. The third kappa shape index (κ3) is 3.49. The predicted molar refractivity (Wildman–Crippen MR) is 76.4 cm³/mol. The van der Waals surface area contributed by atoms with E-state index in [1.54, 1.807) is 0 Å². The lowest BCUT2D eigenvalue weighted by Crippen LogP contribution is -2.36. The number of nitrogens with one attached hydrogen (secondary N) is 1. The van der Waals surface area contributed by atoms with Crippen LogP contribution in [-0.2, 0) is 6.42 Å². The van der Waals surface area contributed by atoms with Crippen LogP contribution in [-0.4, -0.2) is 18.7 Å². The first kappa shape index (κ1) is 13.4. The lowest BCUT2D eigenvalue weighted by Gasteiger charge is -2.22. The first-order valence-electron chi connectivity index (χ1n) is 6.96. The van der Waals surface area contributed by atoms with Gasteiger partial charge in [-0.1, -0.05) is 19.1 Å². The molecule has 100 valence electrons. The van der Waals surface area contributed by atoms with Gasteiger partial charge in [0.25, 0.3) is 0 Å². The van der Waals surface area contributed by atoms with Crippen LogP contribution in [0.5, 0.6) is 5.75 Å². The second-order valence-electron chi connectivity index (χ2n) is 6.33. The largest absolute Gasteiger partial charge is 0.493 e. The quantitative estimate of drug-likeness (QED) is 0.879. The zero-order valence-electron chi connectivity index (χ0n) is 12.0. The van der Waals surface area contributed by atoms with Gasteiger partial charge < -0.3 is 10.1 Å². The Morgan fingerprint density at radius 3 is 2.83 bits per heavy atom. The van der Waals surface area contributed by atoms with Crippen LogP contribution in [0, 0.1) is 0 Å². The molecule has 1 atom stereocenters. The number of rotatable bonds is 4. The molecular formula is C16H25NO. The highest BCUT2D eigenvalue weighted by molar-refractivity contribution is 5.40. The molecule has 0 radical (unpaired) electrons. The van der Waals surface area contributed by atoms with Crippen molar-refractivity contribution in [3.8, 4) is 5.75 Å². The minimum atomic E-state index is 0.214. The summed E-state index contributed by atoms with van der Waals surface area (Å²) < 4.78 is 5.55. The van der Waals surface area contributed by atoms with Gasteiger partial charge in [0.2, 0.25) is 0 Å². The van der Waals surface area contributed by atoms with E-state index < -0.39 is 0 Å². The maximum Gasteiger partial charge on any atom is 0.122 e. The van der Waals surface area contributed by atoms with Gasteiger partial charge in [-0.25, -0.2) is 0 Å². The second-order valence-corrected chi connectivity index (χ2v) is 6.33. The topological polar surface area (TPSA) is 21.3 Å². The molecule has 1 heterocycles. The molecule has 0 amide bonds. The smallest absolute Gasteiger partial charge is 0.122 e. The molecule has 1 aliphatic rings. The first-order chi connectivity index (χ1) is 8.46. The lowest BCUT2D eigenvalue weighted by molar-refractivity contribution is 0.357. The molecule has 2 nitrogen and oxygen atoms in total. The Labute approximate surface area is 111 Å². The zero-order chi connectivity index (χ0) is 13.2. The summed E-state index contributed by atoms with van der Waals surface area (Å²) in [6.45, 7) is 10.9. The van der Waals surface area contributed by atoms with Gasteiger partial charge in [-0.15, -0.1) is 0 Å². The zero-order valence-corrected chi connectivity index (χ0v) is 12.0. The van der Waals surface area contributed by atoms with Crippen molar-refractivity contribution in [3.63, 3.8) is 0 Å². The Morgan fingerprint density at radius 2 is 2.11 bits per heavy atom. The summed E-state index contributed by atoms with van der Waals surface area (Å²) in [5.41, 5.74) is 3.03. The van der Waals surface area contributed by atoms with Gasteiger partial charge in [-0.05, 0) is 56.8 Å². The van der Waals surface area contributed by atoms with Crippen molar-refractivity contribution in [2.45, 2.75) is 52.0 Å². The van der Waals surface area contributed by atoms with Crippen molar-refractivity contribution < 1.29 is 4.74 Å². The fourth-order valence-corrected chi connectivity index (χ4v) is 2.34. The highest BCUT2D eigenvalue weighted by atomic mass is 16.5. The predicted octanol–water partition coefficient (Wildman–Crippen LogP) is 3.50. The fourth-order valence-electron chi connectivity index (χ4n) is 2.34. The van der Waals surface area contributed by atoms with Crippen LogP contribution < -0.4 is 10.1 Å². The summed E-state index contributed by atoms with van der Waals surface area (Å²) >= 11 is 0. The van der Waals surface area contributed by atoms with E-state index in [9.17, 15) is 0 Å². The molecule has 1 unspecified atom stereocenters. The highest BCUT2D eigenvalue weighted by Crippen LogP contribution is 2.29. The van der Waals surface area contributed by atoms with Crippen molar-refractivity contribution in [1.29, 1.82) is 0 Å². The molecule has 0 saturated carbocycles. The van der Waals surface area contributed by atoms with Gasteiger partial charge in [0.05, 0.1) is 6.61 Å². The number of hydrogen-bond donors (Lipinski definition) is 1. The monoisotopic (exact) mass is 247 g/mol. The SMILES string of the molecule is CC(CCNC(C)(C)C)c1ccc2c(c1)CCO2. The van der Waals surface area contributed by atoms with Crippen molar-refractivity contribution in [1.82, 2.24) is 5.32 Å². The van der Waals surface area contributed by atoms with E-state index in [1.807, 2.05) is 0 Å². The molecule has 0 fully saturated rings. The van der Waals surface area contributed by atoms with Gasteiger partial charge in [0.1, 0.15) is 5.75 Å². The van der Waals surface area contributed by atoms with E-state index in [0.29, 0.717) is 5.92 Å². The standard InChI is InChI=1S/C16H25NO/c1-12(7-9-17-16(2,3)4)13-5-6-15-14(11-13)8-10-18-15/h5-6,11-12,17H,7-10H2,1-4H3. The summed E-state index contributed by atoms with van der Waals surface area (Å²) in [5.74, 6) is 1.68. The number of hydrogen-bond acceptors (Lipinski definition) is 2. The average molecular weight is 247 g/mol. The summed E-state index contributed by atoms with van der Waals surface area (Å²) in [7, 11) is 0. The maximum atomic E-state index is 5.55. The van der Waals surface area contributed by atoms with Crippen LogP contribution in [0.3, 0.4) is 0 Å². The molecule has 0 spiro atoms. The first-order valence-corrected chi connectivity index (χ1v) is 6.96. The van der Waals surface area contributed by atoms with Crippen LogP contribution in [0.25, 0.3) is 0 Å². The minimum absolute atomic E-state index is 0.214. The molecule has 0 aromatic heterocycles. The van der Waals surface area contributed by atoms with Crippen LogP contribution >= 0.6 is 0 Å². The van der Waals surface area contributed by atoms with Crippen LogP contribution in [0.1, 0.15) is 51.2 Å². The molecule has 0 bridgehead atoms. The second kappa shape index (κ2) is 5.31. The summed E-state index contributed by atoms with van der Waals surface area (Å²) in [6, 6.07) is 6.67. The van der Waals surface area contributed by atoms with Gasteiger partial charge in [-0.3, -0.25) is 0 Å². The summed E-state index contributed by atoms with van der Waals surface area (Å²) in [4.78, 5) is 0. The van der Waals surface area contributed by atoms with E-state index in [1.165, 1.54) is 17.5 Å². The van der Waals surface area contributed by atoms with E-state index in [0.717, 1.165) is 25.3 Å². The number of ether oxygens (including phenoxy) is 1. The van der Waals surface area contributed by atoms with E-state index in [4.69, 9.17) is 4.74 Å². The Morgan fingerprint density at radius 1 is 1.33 bits per heavy atom. The third-order valence-corrected chi connectivity index (χ3v) is 3.52. The molecule has 2 heteroatoms. The van der Waals surface area contributed by atoms with Gasteiger partial charge in [0.15, 0.2) is 0 Å². The molecule has 2 rings (SSSR count). The van der Waals surface area contributed by atoms with Crippen LogP contribution in [0.15, 0.2) is 18.2 Å². The highest BCUT2D eigenvalue weighted by Gasteiger charge is 2.15. The Balaban J connectivity index is 1.91. The average Bonchev–Trinajstić information content (AvgIpc) is 2.73. The van der Waals surface area contributed by atoms with E-state index in [2.05, 4.69) is 51.2 Å². The molecule has 0 saturated heterocycles. The molecule has 18 heavy (non-hydrogen) atoms. The molecule has 1 N–H and O–H groups in total. The number of fused-ring (bicyclic) bond motifs is 1. The molecule has 1 aromatic rings.